The average Bonchev–Trinajstić information content (AvgIpc) is 3.50. The van der Waals surface area contributed by atoms with Gasteiger partial charge in [0.2, 0.25) is 11.5 Å². The van der Waals surface area contributed by atoms with Crippen LogP contribution in [0.4, 0.5) is 5.82 Å². The van der Waals surface area contributed by atoms with Gasteiger partial charge in [-0.3, -0.25) is 0 Å². The second-order valence-electron chi connectivity index (χ2n) is 17.9. The van der Waals surface area contributed by atoms with Crippen molar-refractivity contribution >= 4 is 11.8 Å². The predicted octanol–water partition coefficient (Wildman–Crippen LogP) is 13.4. The molecule has 10 rings (SSSR count). The number of carbonyl (C=O) groups is 1. The lowest BCUT2D eigenvalue weighted by Crippen LogP contribution is -2.35. The summed E-state index contributed by atoms with van der Waals surface area (Å²) in [6.07, 6.45) is -0.876. The van der Waals surface area contributed by atoms with Gasteiger partial charge >= 0.3 is 11.8 Å². The molecule has 8 aromatic carbocycles. The molecule has 1 aliphatic rings. The summed E-state index contributed by atoms with van der Waals surface area (Å²) < 4.78 is 52.6. The standard InChI is InChI=1S/C63H52N2O11/c66-63(51-33-59(62(64-37-51)65(67)68)73-42-48-27-15-5-16-28-48)76-58-36-53-54(70-39-45-21-9-2-10-22-45)34-52(69-38-44-19-7-1-8-20-44)35-55(53)75-60(58)50-31-56(71-40-46-23-11-3-12-24-46)61(74-43-49-29-17-6-18-30-49)57(32-50)72-41-47-25-13-4-14-26-47/h1-35,37,58,60H,36,38-43H2. The zero-order chi connectivity index (χ0) is 51.9. The van der Waals surface area contributed by atoms with E-state index in [1.807, 2.05) is 206 Å². The first-order chi connectivity index (χ1) is 37.4. The van der Waals surface area contributed by atoms with Gasteiger partial charge in [-0.15, -0.1) is 0 Å². The minimum absolute atomic E-state index is 0.00555. The molecular formula is C63H52N2O11. The van der Waals surface area contributed by atoms with E-state index in [2.05, 4.69) is 4.98 Å². The van der Waals surface area contributed by atoms with Gasteiger partial charge in [0.05, 0.1) is 0 Å². The fraction of sp³-hybridized carbons (Fsp3) is 0.143. The Morgan fingerprint density at radius 2 is 0.908 bits per heavy atom. The first-order valence-corrected chi connectivity index (χ1v) is 24.8. The summed E-state index contributed by atoms with van der Waals surface area (Å²) in [5.74, 6) is 0.872. The summed E-state index contributed by atoms with van der Waals surface area (Å²) in [5.41, 5.74) is 6.49. The molecule has 13 nitrogen and oxygen atoms in total. The van der Waals surface area contributed by atoms with Crippen LogP contribution in [0.5, 0.6) is 40.2 Å². The molecule has 2 atom stereocenters. The Bertz CT molecular complexity index is 3290. The number of benzene rings is 8. The van der Waals surface area contributed by atoms with Crippen molar-refractivity contribution in [2.45, 2.75) is 58.3 Å². The number of pyridine rings is 1. The summed E-state index contributed by atoms with van der Waals surface area (Å²) in [4.78, 5) is 30.2. The molecule has 1 aliphatic heterocycles. The van der Waals surface area contributed by atoms with Crippen LogP contribution in [0.3, 0.4) is 0 Å². The molecule has 0 radical (unpaired) electrons. The van der Waals surface area contributed by atoms with Crippen molar-refractivity contribution in [2.75, 3.05) is 0 Å². The van der Waals surface area contributed by atoms with Crippen molar-refractivity contribution in [2.24, 2.45) is 0 Å². The normalized spacial score (nSPS) is 13.5. The van der Waals surface area contributed by atoms with E-state index in [4.69, 9.17) is 37.9 Å². The number of esters is 1. The van der Waals surface area contributed by atoms with Gasteiger partial charge in [-0.25, -0.2) is 4.79 Å². The van der Waals surface area contributed by atoms with Crippen LogP contribution >= 0.6 is 0 Å². The highest BCUT2D eigenvalue weighted by Gasteiger charge is 2.39. The van der Waals surface area contributed by atoms with Crippen molar-refractivity contribution in [1.82, 2.24) is 4.98 Å². The van der Waals surface area contributed by atoms with Gasteiger partial charge in [0, 0.05) is 35.7 Å². The number of hydrogen-bond acceptors (Lipinski definition) is 12. The number of hydrogen-bond donors (Lipinski definition) is 0. The lowest BCUT2D eigenvalue weighted by Gasteiger charge is -2.35. The van der Waals surface area contributed by atoms with Crippen LogP contribution in [0.25, 0.3) is 0 Å². The van der Waals surface area contributed by atoms with Crippen molar-refractivity contribution < 1.29 is 47.6 Å². The van der Waals surface area contributed by atoms with Crippen molar-refractivity contribution in [3.8, 4) is 40.2 Å². The number of carbonyl (C=O) groups excluding carboxylic acids is 1. The minimum Gasteiger partial charge on any atom is -0.489 e. The fourth-order valence-corrected chi connectivity index (χ4v) is 8.55. The van der Waals surface area contributed by atoms with Gasteiger partial charge < -0.3 is 48.0 Å². The molecule has 0 saturated carbocycles. The first-order valence-electron chi connectivity index (χ1n) is 24.8. The van der Waals surface area contributed by atoms with E-state index in [9.17, 15) is 14.9 Å². The Morgan fingerprint density at radius 1 is 0.500 bits per heavy atom. The van der Waals surface area contributed by atoms with Crippen LogP contribution in [-0.4, -0.2) is 22.0 Å². The van der Waals surface area contributed by atoms with Crippen LogP contribution in [0.15, 0.2) is 219 Å². The van der Waals surface area contributed by atoms with E-state index in [1.54, 1.807) is 0 Å². The minimum atomic E-state index is -1.06. The van der Waals surface area contributed by atoms with Crippen molar-refractivity contribution in [3.05, 3.63) is 279 Å². The lowest BCUT2D eigenvalue weighted by molar-refractivity contribution is -0.390. The molecule has 76 heavy (non-hydrogen) atoms. The molecule has 0 saturated heterocycles. The number of aromatic nitrogens is 1. The molecule has 0 fully saturated rings. The second kappa shape index (κ2) is 24.4. The molecule has 380 valence electrons. The molecule has 9 aromatic rings. The summed E-state index contributed by atoms with van der Waals surface area (Å²) in [6.45, 7) is 1.06. The molecule has 13 heteroatoms. The van der Waals surface area contributed by atoms with Gasteiger partial charge in [0.25, 0.3) is 0 Å². The first kappa shape index (κ1) is 49.9. The maximum atomic E-state index is 14.6. The third-order valence-electron chi connectivity index (χ3n) is 12.4. The molecule has 0 N–H and O–H groups in total. The van der Waals surface area contributed by atoms with Crippen LogP contribution in [0.1, 0.15) is 61.0 Å². The summed E-state index contributed by atoms with van der Waals surface area (Å²) in [5, 5.41) is 12.2. The van der Waals surface area contributed by atoms with E-state index in [0.717, 1.165) is 39.6 Å². The van der Waals surface area contributed by atoms with Gasteiger partial charge in [-0.05, 0) is 55.4 Å². The van der Waals surface area contributed by atoms with Gasteiger partial charge in [-0.2, -0.15) is 0 Å². The van der Waals surface area contributed by atoms with E-state index < -0.39 is 28.9 Å². The highest BCUT2D eigenvalue weighted by Crippen LogP contribution is 2.48. The van der Waals surface area contributed by atoms with E-state index in [-0.39, 0.29) is 57.4 Å². The Balaban J connectivity index is 1.07. The van der Waals surface area contributed by atoms with E-state index in [1.165, 1.54) is 6.07 Å². The molecule has 0 aliphatic carbocycles. The SMILES string of the molecule is O=C(OC1Cc2c(OCc3ccccc3)cc(OCc3ccccc3)cc2OC1c1cc(OCc2ccccc2)c(OCc2ccccc2)c(OCc2ccccc2)c1)c1cnc([N+](=O)[O-])c(OCc2ccccc2)c1. The molecule has 2 heterocycles. The number of fused-ring (bicyclic) bond motifs is 1. The second-order valence-corrected chi connectivity index (χ2v) is 17.9. The summed E-state index contributed by atoms with van der Waals surface area (Å²) in [7, 11) is 0. The Morgan fingerprint density at radius 3 is 1.36 bits per heavy atom. The monoisotopic (exact) mass is 1010 g/mol. The zero-order valence-electron chi connectivity index (χ0n) is 41.3. The summed E-state index contributed by atoms with van der Waals surface area (Å²) >= 11 is 0. The van der Waals surface area contributed by atoms with Crippen LogP contribution < -0.4 is 33.2 Å². The predicted molar refractivity (Wildman–Crippen MR) is 285 cm³/mol. The number of nitro groups is 1. The maximum absolute atomic E-state index is 14.6. The van der Waals surface area contributed by atoms with E-state index >= 15 is 0 Å². The highest BCUT2D eigenvalue weighted by atomic mass is 16.6. The largest absolute Gasteiger partial charge is 0.489 e. The average molecular weight is 1010 g/mol. The van der Waals surface area contributed by atoms with Crippen LogP contribution in [0, 0.1) is 10.1 Å². The topological polar surface area (TPSA) is 147 Å². The number of ether oxygens (including phenoxy) is 8. The molecule has 1 aromatic heterocycles. The van der Waals surface area contributed by atoms with Crippen LogP contribution in [-0.2, 0) is 50.8 Å². The van der Waals surface area contributed by atoms with Crippen molar-refractivity contribution in [3.63, 3.8) is 0 Å². The smallest absolute Gasteiger partial charge is 0.406 e. The molecule has 0 spiro atoms. The zero-order valence-corrected chi connectivity index (χ0v) is 41.3. The number of nitrogens with zero attached hydrogens (tertiary/aromatic N) is 2. The number of rotatable bonds is 22. The molecule has 0 bridgehead atoms. The Labute approximate surface area is 439 Å². The fourth-order valence-electron chi connectivity index (χ4n) is 8.55. The Hall–Kier alpha value is -9.62. The van der Waals surface area contributed by atoms with E-state index in [0.29, 0.717) is 45.6 Å². The van der Waals surface area contributed by atoms with Gasteiger partial charge in [-0.1, -0.05) is 182 Å². The third-order valence-corrected chi connectivity index (χ3v) is 12.4. The van der Waals surface area contributed by atoms with Crippen molar-refractivity contribution in [1.29, 1.82) is 0 Å². The summed E-state index contributed by atoms with van der Waals surface area (Å²) in [6, 6.07) is 66.6. The Kier molecular flexibility index (Phi) is 16.0. The van der Waals surface area contributed by atoms with Gasteiger partial charge in [0.1, 0.15) is 68.6 Å². The lowest BCUT2D eigenvalue weighted by atomic mass is 9.93. The highest BCUT2D eigenvalue weighted by molar-refractivity contribution is 5.90. The molecule has 0 amide bonds. The molecular weight excluding hydrogens is 961 g/mol. The third kappa shape index (κ3) is 12.9. The van der Waals surface area contributed by atoms with Gasteiger partial charge in [0.15, 0.2) is 23.8 Å². The molecule has 2 unspecified atom stereocenters. The quantitative estimate of drug-likeness (QED) is 0.0362. The maximum Gasteiger partial charge on any atom is 0.406 e. The van der Waals surface area contributed by atoms with Crippen LogP contribution in [0.2, 0.25) is 0 Å².